The highest BCUT2D eigenvalue weighted by Gasteiger charge is 2.33. The minimum absolute atomic E-state index is 0.146. The molecule has 0 bridgehead atoms. The largest absolute Gasteiger partial charge is 0.507 e. The number of hydrogen-bond acceptors (Lipinski definition) is 5. The summed E-state index contributed by atoms with van der Waals surface area (Å²) in [4.78, 5) is 15.5. The molecule has 0 saturated heterocycles. The van der Waals surface area contributed by atoms with E-state index < -0.39 is 0 Å². The van der Waals surface area contributed by atoms with Crippen molar-refractivity contribution in [2.45, 2.75) is 48.1 Å². The molecule has 5 heteroatoms. The average Bonchev–Trinajstić information content (AvgIpc) is 3.02. The molecule has 0 saturated carbocycles. The quantitative estimate of drug-likeness (QED) is 0.500. The van der Waals surface area contributed by atoms with Crippen LogP contribution in [0.2, 0.25) is 0 Å². The van der Waals surface area contributed by atoms with Crippen molar-refractivity contribution in [1.82, 2.24) is 4.90 Å². The molecular weight excluding hydrogens is 402 g/mol. The van der Waals surface area contributed by atoms with Crippen LogP contribution in [0.25, 0.3) is 6.08 Å². The molecule has 1 heterocycles. The number of aromatic hydroxyl groups is 1. The van der Waals surface area contributed by atoms with Gasteiger partial charge in [0.25, 0.3) is 0 Å². The number of hydrogen-bond donors (Lipinski definition) is 1. The summed E-state index contributed by atoms with van der Waals surface area (Å²) in [7, 11) is 0. The van der Waals surface area contributed by atoms with Crippen LogP contribution >= 0.6 is 0 Å². The summed E-state index contributed by atoms with van der Waals surface area (Å²) in [5.41, 5.74) is 2.80. The molecule has 1 aliphatic rings. The molecular formula is C27H35NO4. The number of allylic oxidation sites excluding steroid dienone is 1. The van der Waals surface area contributed by atoms with E-state index >= 15 is 0 Å². The molecule has 0 radical (unpaired) electrons. The Balaban J connectivity index is 1.94. The van der Waals surface area contributed by atoms with Crippen LogP contribution in [0.15, 0.2) is 36.1 Å². The normalized spacial score (nSPS) is 14.5. The number of ether oxygens (including phenoxy) is 2. The molecule has 1 N–H and O–H groups in total. The second-order valence-electron chi connectivity index (χ2n) is 9.32. The number of fused-ring (bicyclic) bond motifs is 1. The Kier molecular flexibility index (Phi) is 7.62. The van der Waals surface area contributed by atoms with Gasteiger partial charge in [0.2, 0.25) is 5.78 Å². The van der Waals surface area contributed by atoms with Gasteiger partial charge in [0.15, 0.2) is 5.76 Å². The topological polar surface area (TPSA) is 59.0 Å². The lowest BCUT2D eigenvalue weighted by molar-refractivity contribution is 0.101. The molecule has 2 aromatic rings. The zero-order chi connectivity index (χ0) is 23.4. The van der Waals surface area contributed by atoms with Crippen molar-refractivity contribution in [2.75, 3.05) is 19.7 Å². The predicted molar refractivity (Wildman–Crippen MR) is 128 cm³/mol. The molecule has 0 fully saturated rings. The first-order valence-electron chi connectivity index (χ1n) is 11.4. The monoisotopic (exact) mass is 437 g/mol. The molecule has 0 aliphatic carbocycles. The first kappa shape index (κ1) is 23.9. The van der Waals surface area contributed by atoms with Crippen LogP contribution in [0.3, 0.4) is 0 Å². The second-order valence-corrected chi connectivity index (χ2v) is 9.32. The predicted octanol–water partition coefficient (Wildman–Crippen LogP) is 5.83. The van der Waals surface area contributed by atoms with Gasteiger partial charge in [-0.1, -0.05) is 39.8 Å². The van der Waals surface area contributed by atoms with Crippen LogP contribution in [0.5, 0.6) is 17.2 Å². The van der Waals surface area contributed by atoms with E-state index in [-0.39, 0.29) is 17.3 Å². The lowest BCUT2D eigenvalue weighted by atomic mass is 9.98. The number of phenolic OH excluding ortho intramolecular Hbond substituents is 1. The maximum atomic E-state index is 13.2. The Hall–Kier alpha value is -2.79. The zero-order valence-electron chi connectivity index (χ0n) is 20.1. The van der Waals surface area contributed by atoms with Crippen molar-refractivity contribution in [2.24, 2.45) is 11.8 Å². The summed E-state index contributed by atoms with van der Waals surface area (Å²) < 4.78 is 11.6. The van der Waals surface area contributed by atoms with Crippen LogP contribution in [0.1, 0.15) is 61.7 Å². The number of ketones is 1. The van der Waals surface area contributed by atoms with Gasteiger partial charge in [0, 0.05) is 19.6 Å². The molecule has 172 valence electrons. The Morgan fingerprint density at radius 2 is 1.72 bits per heavy atom. The summed E-state index contributed by atoms with van der Waals surface area (Å²) in [6, 6.07) is 9.23. The molecule has 0 amide bonds. The number of benzene rings is 2. The highest BCUT2D eigenvalue weighted by atomic mass is 16.5. The van der Waals surface area contributed by atoms with Crippen molar-refractivity contribution in [3.63, 3.8) is 0 Å². The molecule has 3 rings (SSSR count). The molecule has 1 aliphatic heterocycles. The number of Topliss-reactive ketones (excluding diaryl/α,β-unsaturated/α-hetero) is 1. The lowest BCUT2D eigenvalue weighted by Gasteiger charge is -2.27. The third kappa shape index (κ3) is 5.52. The third-order valence-corrected chi connectivity index (χ3v) is 5.34. The highest BCUT2D eigenvalue weighted by molar-refractivity contribution is 6.15. The number of carbonyl (C=O) groups excluding carboxylic acids is 1. The van der Waals surface area contributed by atoms with E-state index in [9.17, 15) is 9.90 Å². The van der Waals surface area contributed by atoms with Crippen LogP contribution in [0, 0.1) is 18.8 Å². The van der Waals surface area contributed by atoms with Crippen molar-refractivity contribution in [3.05, 3.63) is 58.3 Å². The Morgan fingerprint density at radius 3 is 2.28 bits per heavy atom. The molecule has 0 aromatic heterocycles. The van der Waals surface area contributed by atoms with E-state index in [2.05, 4.69) is 32.6 Å². The zero-order valence-corrected chi connectivity index (χ0v) is 20.1. The standard InChI is InChI=1S/C27H35NO4/c1-7-31-21-10-8-20(9-11-21)13-24-26(30)25-19(6)12-23(29)22(27(25)32-24)16-28(14-17(2)3)15-18(4)5/h8-13,17-18,29H,7,14-16H2,1-6H3/b24-13+. The van der Waals surface area contributed by atoms with Crippen molar-refractivity contribution < 1.29 is 19.4 Å². The molecule has 0 atom stereocenters. The van der Waals surface area contributed by atoms with Gasteiger partial charge in [0.1, 0.15) is 17.2 Å². The van der Waals surface area contributed by atoms with Gasteiger partial charge >= 0.3 is 0 Å². The fourth-order valence-electron chi connectivity index (χ4n) is 4.17. The minimum Gasteiger partial charge on any atom is -0.507 e. The molecule has 5 nitrogen and oxygen atoms in total. The summed E-state index contributed by atoms with van der Waals surface area (Å²) in [5.74, 6) is 2.57. The maximum absolute atomic E-state index is 13.2. The lowest BCUT2D eigenvalue weighted by Crippen LogP contribution is -2.31. The number of aryl methyl sites for hydroxylation is 1. The van der Waals surface area contributed by atoms with Crippen molar-refractivity contribution in [1.29, 1.82) is 0 Å². The number of nitrogens with zero attached hydrogens (tertiary/aromatic N) is 1. The summed E-state index contributed by atoms with van der Waals surface area (Å²) >= 11 is 0. The first-order valence-corrected chi connectivity index (χ1v) is 11.4. The van der Waals surface area contributed by atoms with Gasteiger partial charge in [-0.25, -0.2) is 0 Å². The van der Waals surface area contributed by atoms with Crippen molar-refractivity contribution in [3.8, 4) is 17.2 Å². The summed E-state index contributed by atoms with van der Waals surface area (Å²) in [6.45, 7) is 15.5. The van der Waals surface area contributed by atoms with Gasteiger partial charge < -0.3 is 14.6 Å². The fraction of sp³-hybridized carbons (Fsp3) is 0.444. The molecule has 0 unspecified atom stereocenters. The Labute approximate surface area is 191 Å². The van der Waals surface area contributed by atoms with E-state index in [0.717, 1.165) is 30.0 Å². The van der Waals surface area contributed by atoms with Crippen LogP contribution < -0.4 is 9.47 Å². The fourth-order valence-corrected chi connectivity index (χ4v) is 4.17. The van der Waals surface area contributed by atoms with Gasteiger partial charge in [-0.15, -0.1) is 0 Å². The average molecular weight is 438 g/mol. The van der Waals surface area contributed by atoms with Gasteiger partial charge in [0.05, 0.1) is 17.7 Å². The van der Waals surface area contributed by atoms with Crippen LogP contribution in [-0.2, 0) is 6.54 Å². The smallest absolute Gasteiger partial charge is 0.232 e. The van der Waals surface area contributed by atoms with Crippen LogP contribution in [-0.4, -0.2) is 35.5 Å². The molecule has 0 spiro atoms. The number of rotatable bonds is 9. The van der Waals surface area contributed by atoms with E-state index in [1.54, 1.807) is 12.1 Å². The maximum Gasteiger partial charge on any atom is 0.232 e. The van der Waals surface area contributed by atoms with Crippen molar-refractivity contribution >= 4 is 11.9 Å². The van der Waals surface area contributed by atoms with Gasteiger partial charge in [-0.05, 0) is 61.1 Å². The summed E-state index contributed by atoms with van der Waals surface area (Å²) in [6.07, 6.45) is 1.75. The van der Waals surface area contributed by atoms with E-state index in [0.29, 0.717) is 41.9 Å². The van der Waals surface area contributed by atoms with E-state index in [1.807, 2.05) is 38.1 Å². The third-order valence-electron chi connectivity index (χ3n) is 5.34. The van der Waals surface area contributed by atoms with Crippen LogP contribution in [0.4, 0.5) is 0 Å². The van der Waals surface area contributed by atoms with Gasteiger partial charge in [-0.3, -0.25) is 9.69 Å². The molecule has 32 heavy (non-hydrogen) atoms. The molecule has 2 aromatic carbocycles. The number of phenols is 1. The minimum atomic E-state index is -0.146. The Bertz CT molecular complexity index is 980. The van der Waals surface area contributed by atoms with E-state index in [4.69, 9.17) is 9.47 Å². The first-order chi connectivity index (χ1) is 15.2. The summed E-state index contributed by atoms with van der Waals surface area (Å²) in [5, 5.41) is 10.8. The highest BCUT2D eigenvalue weighted by Crippen LogP contribution is 2.42. The second kappa shape index (κ2) is 10.2. The Morgan fingerprint density at radius 1 is 1.09 bits per heavy atom. The van der Waals surface area contributed by atoms with E-state index in [1.165, 1.54) is 0 Å². The van der Waals surface area contributed by atoms with Gasteiger partial charge in [-0.2, -0.15) is 0 Å². The SMILES string of the molecule is CCOc1ccc(/C=C2/Oc3c(CN(CC(C)C)CC(C)C)c(O)cc(C)c3C2=O)cc1. The number of carbonyl (C=O) groups is 1.